The van der Waals surface area contributed by atoms with Crippen LogP contribution in [0.5, 0.6) is 17.2 Å². The number of hydrogen-bond donors (Lipinski definition) is 2. The van der Waals surface area contributed by atoms with Gasteiger partial charge in [0.05, 0.1) is 31.9 Å². The van der Waals surface area contributed by atoms with Crippen molar-refractivity contribution in [2.75, 3.05) is 26.6 Å². The Balaban J connectivity index is 1.68. The van der Waals surface area contributed by atoms with Crippen LogP contribution < -0.4 is 25.0 Å². The van der Waals surface area contributed by atoms with Crippen LogP contribution in [-0.2, 0) is 0 Å². The van der Waals surface area contributed by atoms with Gasteiger partial charge in [-0.2, -0.15) is 5.10 Å². The molecular weight excluding hydrogens is 430 g/mol. The van der Waals surface area contributed by atoms with Crippen LogP contribution in [0.3, 0.4) is 0 Å². The summed E-state index contributed by atoms with van der Waals surface area (Å²) in [5.74, 6) is 0.562. The van der Waals surface area contributed by atoms with Crippen LogP contribution in [0.15, 0.2) is 59.0 Å². The van der Waals surface area contributed by atoms with E-state index in [4.69, 9.17) is 14.2 Å². The molecule has 32 heavy (non-hydrogen) atoms. The smallest absolute Gasteiger partial charge is 0.271 e. The molecule has 0 unspecified atom stereocenters. The summed E-state index contributed by atoms with van der Waals surface area (Å²) < 4.78 is 15.8. The Morgan fingerprint density at radius 2 is 1.53 bits per heavy atom. The lowest BCUT2D eigenvalue weighted by Gasteiger charge is -2.13. The minimum Gasteiger partial charge on any atom is -0.493 e. The van der Waals surface area contributed by atoms with E-state index >= 15 is 0 Å². The first-order valence-corrected chi connectivity index (χ1v) is 10.4. The zero-order chi connectivity index (χ0) is 23.1. The first-order chi connectivity index (χ1) is 15.5. The summed E-state index contributed by atoms with van der Waals surface area (Å²) in [7, 11) is 4.45. The fraction of sp³-hybridized carbons (Fsp3) is 0.174. The number of rotatable bonds is 8. The second kappa shape index (κ2) is 10.5. The Kier molecular flexibility index (Phi) is 7.45. The summed E-state index contributed by atoms with van der Waals surface area (Å²) in [6.07, 6.45) is 0. The Morgan fingerprint density at radius 1 is 0.875 bits per heavy atom. The number of hydrazone groups is 1. The van der Waals surface area contributed by atoms with Crippen LogP contribution in [0.25, 0.3) is 0 Å². The van der Waals surface area contributed by atoms with Gasteiger partial charge in [0.2, 0.25) is 5.75 Å². The van der Waals surface area contributed by atoms with E-state index in [-0.39, 0.29) is 5.91 Å². The highest BCUT2D eigenvalue weighted by Gasteiger charge is 2.17. The third-order valence-corrected chi connectivity index (χ3v) is 5.43. The molecule has 0 aliphatic heterocycles. The number of carbonyl (C=O) groups excluding carboxylic acids is 2. The third-order valence-electron chi connectivity index (χ3n) is 4.56. The van der Waals surface area contributed by atoms with Gasteiger partial charge in [-0.3, -0.25) is 9.59 Å². The second-order valence-electron chi connectivity index (χ2n) is 6.56. The quantitative estimate of drug-likeness (QED) is 0.394. The van der Waals surface area contributed by atoms with Crippen LogP contribution in [0.1, 0.15) is 32.5 Å². The van der Waals surface area contributed by atoms with E-state index in [0.29, 0.717) is 39.1 Å². The van der Waals surface area contributed by atoms with Crippen molar-refractivity contribution in [2.45, 2.75) is 6.92 Å². The van der Waals surface area contributed by atoms with Gasteiger partial charge in [-0.1, -0.05) is 18.2 Å². The second-order valence-corrected chi connectivity index (χ2v) is 7.51. The first kappa shape index (κ1) is 22.8. The molecule has 0 saturated carbocycles. The number of thiophene rings is 1. The number of methoxy groups -OCH3 is 3. The van der Waals surface area contributed by atoms with Gasteiger partial charge in [0.15, 0.2) is 11.5 Å². The maximum absolute atomic E-state index is 12.6. The molecule has 0 spiro atoms. The monoisotopic (exact) mass is 453 g/mol. The molecule has 0 aliphatic carbocycles. The number of anilines is 1. The summed E-state index contributed by atoms with van der Waals surface area (Å²) in [4.78, 5) is 25.4. The van der Waals surface area contributed by atoms with Crippen LogP contribution >= 0.6 is 11.3 Å². The highest BCUT2D eigenvalue weighted by molar-refractivity contribution is 7.12. The number of ether oxygens (including phenoxy) is 3. The fourth-order valence-corrected chi connectivity index (χ4v) is 3.49. The Morgan fingerprint density at radius 3 is 2.06 bits per heavy atom. The van der Waals surface area contributed by atoms with E-state index in [1.165, 1.54) is 32.7 Å². The average molecular weight is 454 g/mol. The minimum atomic E-state index is -0.427. The van der Waals surface area contributed by atoms with Gasteiger partial charge in [-0.25, -0.2) is 5.43 Å². The predicted octanol–water partition coefficient (Wildman–Crippen LogP) is 4.18. The van der Waals surface area contributed by atoms with Crippen LogP contribution in [0.4, 0.5) is 5.69 Å². The molecule has 2 N–H and O–H groups in total. The van der Waals surface area contributed by atoms with Crippen molar-refractivity contribution >= 4 is 34.6 Å². The van der Waals surface area contributed by atoms with Crippen molar-refractivity contribution < 1.29 is 23.8 Å². The normalized spacial score (nSPS) is 10.9. The number of benzene rings is 2. The molecule has 3 rings (SSSR count). The molecule has 0 radical (unpaired) electrons. The molecule has 0 bridgehead atoms. The van der Waals surface area contributed by atoms with Gasteiger partial charge in [-0.15, -0.1) is 11.3 Å². The summed E-state index contributed by atoms with van der Waals surface area (Å²) in [6.45, 7) is 1.77. The lowest BCUT2D eigenvalue weighted by molar-refractivity contribution is 0.0953. The van der Waals surface area contributed by atoms with Gasteiger partial charge in [0, 0.05) is 11.3 Å². The van der Waals surface area contributed by atoms with E-state index in [1.54, 1.807) is 37.3 Å². The molecule has 9 heteroatoms. The number of nitrogens with one attached hydrogen (secondary N) is 2. The van der Waals surface area contributed by atoms with Gasteiger partial charge in [-0.05, 0) is 48.2 Å². The summed E-state index contributed by atoms with van der Waals surface area (Å²) in [6, 6.07) is 13.9. The summed E-state index contributed by atoms with van der Waals surface area (Å²) in [5, 5.41) is 8.87. The van der Waals surface area contributed by atoms with Crippen molar-refractivity contribution in [2.24, 2.45) is 5.10 Å². The SMILES string of the molecule is COc1cc(C(=O)N/N=C(/C)c2ccc(NC(=O)c3cccs3)cc2)cc(OC)c1OC. The fourth-order valence-electron chi connectivity index (χ4n) is 2.87. The number of amides is 2. The van der Waals surface area contributed by atoms with E-state index in [1.807, 2.05) is 23.6 Å². The molecule has 2 aromatic carbocycles. The first-order valence-electron chi connectivity index (χ1n) is 9.56. The van der Waals surface area contributed by atoms with Crippen LogP contribution in [-0.4, -0.2) is 38.9 Å². The van der Waals surface area contributed by atoms with E-state index in [9.17, 15) is 9.59 Å². The Hall–Kier alpha value is -3.85. The summed E-state index contributed by atoms with van der Waals surface area (Å²) in [5.41, 5.74) is 4.90. The highest BCUT2D eigenvalue weighted by Crippen LogP contribution is 2.38. The van der Waals surface area contributed by atoms with E-state index in [2.05, 4.69) is 15.8 Å². The Labute approximate surface area is 189 Å². The van der Waals surface area contributed by atoms with Gasteiger partial charge >= 0.3 is 0 Å². The predicted molar refractivity (Wildman–Crippen MR) is 124 cm³/mol. The van der Waals surface area contributed by atoms with Crippen molar-refractivity contribution in [3.63, 3.8) is 0 Å². The van der Waals surface area contributed by atoms with Gasteiger partial charge < -0.3 is 19.5 Å². The van der Waals surface area contributed by atoms with Crippen molar-refractivity contribution in [1.82, 2.24) is 5.43 Å². The third kappa shape index (κ3) is 5.25. The number of carbonyl (C=O) groups is 2. The van der Waals surface area contributed by atoms with Crippen molar-refractivity contribution in [3.8, 4) is 17.2 Å². The van der Waals surface area contributed by atoms with Gasteiger partial charge in [0.25, 0.3) is 11.8 Å². The molecule has 3 aromatic rings. The molecule has 0 fully saturated rings. The molecule has 0 atom stereocenters. The lowest BCUT2D eigenvalue weighted by atomic mass is 10.1. The minimum absolute atomic E-state index is 0.157. The van der Waals surface area contributed by atoms with E-state index < -0.39 is 5.91 Å². The van der Waals surface area contributed by atoms with Crippen LogP contribution in [0.2, 0.25) is 0 Å². The highest BCUT2D eigenvalue weighted by atomic mass is 32.1. The maximum atomic E-state index is 12.6. The Bertz CT molecular complexity index is 1100. The molecular formula is C23H23N3O5S. The van der Waals surface area contributed by atoms with Crippen molar-refractivity contribution in [1.29, 1.82) is 0 Å². The molecule has 2 amide bonds. The van der Waals surface area contributed by atoms with E-state index in [0.717, 1.165) is 5.56 Å². The summed E-state index contributed by atoms with van der Waals surface area (Å²) >= 11 is 1.38. The van der Waals surface area contributed by atoms with Gasteiger partial charge in [0.1, 0.15) is 0 Å². The van der Waals surface area contributed by atoms with Crippen molar-refractivity contribution in [3.05, 3.63) is 69.9 Å². The molecule has 1 aromatic heterocycles. The zero-order valence-corrected chi connectivity index (χ0v) is 18.9. The molecule has 0 saturated heterocycles. The lowest BCUT2D eigenvalue weighted by Crippen LogP contribution is -2.19. The molecule has 8 nitrogen and oxygen atoms in total. The number of nitrogens with zero attached hydrogens (tertiary/aromatic N) is 1. The largest absolute Gasteiger partial charge is 0.493 e. The van der Waals surface area contributed by atoms with Crippen LogP contribution in [0, 0.1) is 0 Å². The standard InChI is InChI=1S/C23H23N3O5S/c1-14(15-7-9-17(10-8-15)24-23(28)20-6-5-11-32-20)25-26-22(27)16-12-18(29-2)21(31-4)19(13-16)30-3/h5-13H,1-4H3,(H,24,28)(H,26,27)/b25-14-. The molecule has 166 valence electrons. The maximum Gasteiger partial charge on any atom is 0.271 e. The topological polar surface area (TPSA) is 98.2 Å². The molecule has 0 aliphatic rings. The zero-order valence-electron chi connectivity index (χ0n) is 18.1. The molecule has 1 heterocycles. The average Bonchev–Trinajstić information content (AvgIpc) is 3.37. The number of hydrogen-bond acceptors (Lipinski definition) is 7.